The summed E-state index contributed by atoms with van der Waals surface area (Å²) in [4.78, 5) is 12.1. The Hall–Kier alpha value is -2.33. The van der Waals surface area contributed by atoms with Gasteiger partial charge in [-0.05, 0) is 0 Å². The first-order chi connectivity index (χ1) is 11.7. The second kappa shape index (κ2) is 7.06. The molecule has 0 spiro atoms. The topological polar surface area (TPSA) is 37.3 Å². The van der Waals surface area contributed by atoms with E-state index in [1.54, 1.807) is 0 Å². The van der Waals surface area contributed by atoms with Crippen LogP contribution in [0.3, 0.4) is 0 Å². The van der Waals surface area contributed by atoms with Gasteiger partial charge in [-0.25, -0.2) is 0 Å². The van der Waals surface area contributed by atoms with Gasteiger partial charge in [-0.3, -0.25) is 0 Å². The average Bonchev–Trinajstić information content (AvgIpc) is 2.65. The summed E-state index contributed by atoms with van der Waals surface area (Å²) >= 11 is -3.37. The van der Waals surface area contributed by atoms with E-state index in [1.807, 2.05) is 61.5 Å². The van der Waals surface area contributed by atoms with Crippen LogP contribution >= 0.6 is 0 Å². The van der Waals surface area contributed by atoms with Gasteiger partial charge in [-0.15, -0.1) is 0 Å². The van der Waals surface area contributed by atoms with E-state index in [9.17, 15) is 9.90 Å². The number of hydrogen-bond donors (Lipinski definition) is 1. The summed E-state index contributed by atoms with van der Waals surface area (Å²) in [5, 5.41) is 9.95. The molecule has 1 unspecified atom stereocenters. The first-order valence-corrected chi connectivity index (χ1v) is 12.4. The third-order valence-electron chi connectivity index (χ3n) is 4.71. The van der Waals surface area contributed by atoms with Crippen molar-refractivity contribution in [2.45, 2.75) is 11.7 Å². The van der Waals surface area contributed by atoms with Gasteiger partial charge in [-0.1, -0.05) is 0 Å². The number of aliphatic carboxylic acids is 1. The fourth-order valence-corrected chi connectivity index (χ4v) is 14.1. The summed E-state index contributed by atoms with van der Waals surface area (Å²) in [6, 6.07) is 30.6. The Morgan fingerprint density at radius 1 is 0.708 bits per heavy atom. The number of rotatable bonds is 5. The fourth-order valence-electron chi connectivity index (χ4n) is 3.54. The van der Waals surface area contributed by atoms with Gasteiger partial charge in [0.05, 0.1) is 0 Å². The number of carboxylic acid groups (broad SMARTS) is 1. The molecule has 3 aromatic carbocycles. The van der Waals surface area contributed by atoms with Crippen LogP contribution in [0.25, 0.3) is 0 Å². The monoisotopic (exact) mass is 378 g/mol. The van der Waals surface area contributed by atoms with E-state index >= 15 is 0 Å². The van der Waals surface area contributed by atoms with Gasteiger partial charge >= 0.3 is 145 Å². The van der Waals surface area contributed by atoms with Crippen molar-refractivity contribution in [3.05, 3.63) is 91.0 Å². The van der Waals surface area contributed by atoms with Crippen molar-refractivity contribution in [2.24, 2.45) is 0 Å². The summed E-state index contributed by atoms with van der Waals surface area (Å²) in [6.07, 6.45) is 0. The van der Waals surface area contributed by atoms with E-state index in [2.05, 4.69) is 36.4 Å². The number of benzene rings is 3. The Kier molecular flexibility index (Phi) is 4.86. The maximum atomic E-state index is 12.1. The molecule has 0 heterocycles. The van der Waals surface area contributed by atoms with E-state index in [4.69, 9.17) is 0 Å². The van der Waals surface area contributed by atoms with Crippen LogP contribution in [0.1, 0.15) is 6.92 Å². The van der Waals surface area contributed by atoms with E-state index in [-0.39, 0.29) is 0 Å². The molecule has 3 rings (SSSR count). The van der Waals surface area contributed by atoms with Crippen molar-refractivity contribution in [3.63, 3.8) is 0 Å². The Morgan fingerprint density at radius 2 is 1.00 bits per heavy atom. The third-order valence-corrected chi connectivity index (χ3v) is 15.8. The maximum absolute atomic E-state index is 12.1. The van der Waals surface area contributed by atoms with Crippen molar-refractivity contribution < 1.29 is 9.90 Å². The van der Waals surface area contributed by atoms with Crippen LogP contribution in [0.2, 0.25) is 4.75 Å². The van der Waals surface area contributed by atoms with Gasteiger partial charge in [0.2, 0.25) is 0 Å². The van der Waals surface area contributed by atoms with Crippen LogP contribution in [-0.4, -0.2) is 24.3 Å². The van der Waals surface area contributed by atoms with Crippen molar-refractivity contribution in [1.29, 1.82) is 0 Å². The quantitative estimate of drug-likeness (QED) is 0.695. The van der Waals surface area contributed by atoms with Crippen LogP contribution in [-0.2, 0) is 4.79 Å². The SMILES string of the molecule is C[CH](C(=O)O)[Ge]([c]1ccccc1)([c]1ccccc1)[c]1ccccc1. The van der Waals surface area contributed by atoms with Crippen molar-refractivity contribution in [1.82, 2.24) is 0 Å². The van der Waals surface area contributed by atoms with Crippen molar-refractivity contribution in [3.8, 4) is 0 Å². The molecule has 0 aliphatic carbocycles. The standard InChI is InChI=1S/C21H20GeO2/c1-17(21(23)24)22(18-11-5-2-6-12-18,19-13-7-3-8-14-19)20-15-9-4-10-16-20/h2-17H,1H3,(H,23,24). The molecular weight excluding hydrogens is 357 g/mol. The molecule has 0 saturated carbocycles. The van der Waals surface area contributed by atoms with E-state index in [0.29, 0.717) is 0 Å². The minimum absolute atomic E-state index is 0.433. The van der Waals surface area contributed by atoms with Gasteiger partial charge < -0.3 is 0 Å². The molecule has 0 saturated heterocycles. The Balaban J connectivity index is 2.39. The molecule has 1 atom stereocenters. The van der Waals surface area contributed by atoms with Gasteiger partial charge in [0.1, 0.15) is 0 Å². The second-order valence-electron chi connectivity index (χ2n) is 5.97. The Bertz CT molecular complexity index is 704. The van der Waals surface area contributed by atoms with E-state index in [1.165, 1.54) is 13.2 Å². The predicted octanol–water partition coefficient (Wildman–Crippen LogP) is 2.63. The first-order valence-electron chi connectivity index (χ1n) is 8.06. The zero-order valence-electron chi connectivity index (χ0n) is 13.6. The zero-order chi connectivity index (χ0) is 17.0. The molecule has 24 heavy (non-hydrogen) atoms. The molecule has 0 aliphatic rings. The molecule has 2 nitrogen and oxygen atoms in total. The third kappa shape index (κ3) is 2.78. The molecule has 3 aromatic rings. The van der Waals surface area contributed by atoms with Crippen LogP contribution in [0.15, 0.2) is 91.0 Å². The van der Waals surface area contributed by atoms with Gasteiger partial charge in [0, 0.05) is 0 Å². The van der Waals surface area contributed by atoms with E-state index < -0.39 is 24.0 Å². The predicted molar refractivity (Wildman–Crippen MR) is 101 cm³/mol. The molecule has 0 bridgehead atoms. The van der Waals surface area contributed by atoms with Gasteiger partial charge in [-0.2, -0.15) is 0 Å². The summed E-state index contributed by atoms with van der Waals surface area (Å²) in [5.74, 6) is -0.730. The Labute approximate surface area is 145 Å². The molecule has 0 aliphatic heterocycles. The Morgan fingerprint density at radius 3 is 1.25 bits per heavy atom. The average molecular weight is 377 g/mol. The molecule has 120 valence electrons. The summed E-state index contributed by atoms with van der Waals surface area (Å²) < 4.78 is 3.08. The van der Waals surface area contributed by atoms with Gasteiger partial charge in [0.25, 0.3) is 0 Å². The van der Waals surface area contributed by atoms with E-state index in [0.717, 1.165) is 0 Å². The van der Waals surface area contributed by atoms with Gasteiger partial charge in [0.15, 0.2) is 0 Å². The summed E-state index contributed by atoms with van der Waals surface area (Å²) in [5.41, 5.74) is 0. The minimum atomic E-state index is -3.37. The molecule has 3 heteroatoms. The number of hydrogen-bond acceptors (Lipinski definition) is 1. The molecule has 1 N–H and O–H groups in total. The normalized spacial score (nSPS) is 12.5. The van der Waals surface area contributed by atoms with Crippen molar-refractivity contribution in [2.75, 3.05) is 0 Å². The molecule has 0 aromatic heterocycles. The fraction of sp³-hybridized carbons (Fsp3) is 0.0952. The number of carbonyl (C=O) groups is 1. The molecule has 0 fully saturated rings. The van der Waals surface area contributed by atoms with Crippen LogP contribution in [0.4, 0.5) is 0 Å². The van der Waals surface area contributed by atoms with Crippen LogP contribution in [0.5, 0.6) is 0 Å². The first kappa shape index (κ1) is 16.5. The second-order valence-corrected chi connectivity index (χ2v) is 14.8. The molecule has 0 amide bonds. The number of carboxylic acids is 1. The van der Waals surface area contributed by atoms with Crippen LogP contribution < -0.4 is 13.2 Å². The molecule has 0 radical (unpaired) electrons. The summed E-state index contributed by atoms with van der Waals surface area (Å²) in [7, 11) is 0. The zero-order valence-corrected chi connectivity index (χ0v) is 15.7. The molecular formula is C21H20GeO2. The summed E-state index contributed by atoms with van der Waals surface area (Å²) in [6.45, 7) is 1.87. The van der Waals surface area contributed by atoms with Crippen molar-refractivity contribution >= 4 is 32.4 Å². The van der Waals surface area contributed by atoms with Crippen LogP contribution in [0, 0.1) is 0 Å².